The van der Waals surface area contributed by atoms with E-state index in [0.717, 1.165) is 31.4 Å². The Hall–Kier alpha value is -0.950. The van der Waals surface area contributed by atoms with Gasteiger partial charge in [0.1, 0.15) is 6.04 Å². The highest BCUT2D eigenvalue weighted by atomic mass is 32.2. The summed E-state index contributed by atoms with van der Waals surface area (Å²) in [7, 11) is 0. The van der Waals surface area contributed by atoms with Gasteiger partial charge >= 0.3 is 12.0 Å². The number of carboxylic acids is 1. The highest BCUT2D eigenvalue weighted by Crippen LogP contribution is 2.20. The Morgan fingerprint density at radius 3 is 2.70 bits per heavy atom. The molecule has 3 unspecified atom stereocenters. The van der Waals surface area contributed by atoms with Crippen LogP contribution in [-0.4, -0.2) is 63.4 Å². The molecule has 0 spiro atoms. The van der Waals surface area contributed by atoms with Gasteiger partial charge in [-0.25, -0.2) is 9.59 Å². The maximum absolute atomic E-state index is 12.3. The first-order valence-corrected chi connectivity index (χ1v) is 8.31. The number of nitrogens with one attached hydrogen (secondary N) is 1. The Labute approximate surface area is 122 Å². The normalized spacial score (nSPS) is 31.4. The molecule has 1 aliphatic carbocycles. The number of hydrogen-bond acceptors (Lipinski definition) is 4. The van der Waals surface area contributed by atoms with Crippen molar-refractivity contribution in [2.24, 2.45) is 0 Å². The van der Waals surface area contributed by atoms with Gasteiger partial charge in [0, 0.05) is 18.1 Å². The van der Waals surface area contributed by atoms with E-state index in [0.29, 0.717) is 18.7 Å². The summed E-state index contributed by atoms with van der Waals surface area (Å²) in [5.41, 5.74) is 0. The SMILES string of the molecule is O=C(O)C1CSCCN1C(=O)NC1CCCCCC1O. The molecule has 2 fully saturated rings. The van der Waals surface area contributed by atoms with Crippen LogP contribution in [0.1, 0.15) is 32.1 Å². The average Bonchev–Trinajstić information content (AvgIpc) is 2.64. The molecular weight excluding hydrogens is 280 g/mol. The van der Waals surface area contributed by atoms with Crippen molar-refractivity contribution >= 4 is 23.8 Å². The van der Waals surface area contributed by atoms with Crippen LogP contribution in [0.5, 0.6) is 0 Å². The van der Waals surface area contributed by atoms with E-state index in [4.69, 9.17) is 0 Å². The molecular formula is C13H22N2O4S. The lowest BCUT2D eigenvalue weighted by atomic mass is 10.1. The van der Waals surface area contributed by atoms with E-state index in [1.807, 2.05) is 0 Å². The molecule has 2 amide bonds. The van der Waals surface area contributed by atoms with Gasteiger partial charge < -0.3 is 20.4 Å². The maximum Gasteiger partial charge on any atom is 0.327 e. The van der Waals surface area contributed by atoms with E-state index in [-0.39, 0.29) is 12.1 Å². The standard InChI is InChI=1S/C13H22N2O4S/c16-11-5-3-1-2-4-9(11)14-13(19)15-6-7-20-8-10(15)12(17)18/h9-11,16H,1-8H2,(H,14,19)(H,17,18). The first-order valence-electron chi connectivity index (χ1n) is 7.15. The third-order valence-corrected chi connectivity index (χ3v) is 4.99. The van der Waals surface area contributed by atoms with Gasteiger partial charge in [-0.05, 0) is 12.8 Å². The number of carbonyl (C=O) groups excluding carboxylic acids is 1. The van der Waals surface area contributed by atoms with Gasteiger partial charge in [-0.2, -0.15) is 11.8 Å². The van der Waals surface area contributed by atoms with Crippen molar-refractivity contribution in [1.82, 2.24) is 10.2 Å². The third-order valence-electron chi connectivity index (χ3n) is 3.96. The lowest BCUT2D eigenvalue weighted by molar-refractivity contribution is -0.141. The number of rotatable bonds is 2. The fraction of sp³-hybridized carbons (Fsp3) is 0.846. The minimum absolute atomic E-state index is 0.256. The molecule has 3 N–H and O–H groups in total. The molecule has 0 aromatic heterocycles. The van der Waals surface area contributed by atoms with E-state index >= 15 is 0 Å². The number of carbonyl (C=O) groups is 2. The largest absolute Gasteiger partial charge is 0.480 e. The Kier molecular flexibility index (Phi) is 5.54. The second kappa shape index (κ2) is 7.17. The molecule has 2 rings (SSSR count). The molecule has 1 heterocycles. The number of aliphatic carboxylic acids is 1. The number of nitrogens with zero attached hydrogens (tertiary/aromatic N) is 1. The zero-order valence-electron chi connectivity index (χ0n) is 11.5. The minimum atomic E-state index is -0.964. The second-order valence-electron chi connectivity index (χ2n) is 5.38. The van der Waals surface area contributed by atoms with Crippen molar-refractivity contribution in [1.29, 1.82) is 0 Å². The summed E-state index contributed by atoms with van der Waals surface area (Å²) in [4.78, 5) is 24.9. The molecule has 0 aromatic rings. The van der Waals surface area contributed by atoms with Crippen molar-refractivity contribution in [2.75, 3.05) is 18.1 Å². The molecule has 0 bridgehead atoms. The van der Waals surface area contributed by atoms with E-state index in [1.165, 1.54) is 4.90 Å². The number of aliphatic hydroxyl groups is 1. The van der Waals surface area contributed by atoms with Gasteiger partial charge in [0.25, 0.3) is 0 Å². The average molecular weight is 302 g/mol. The summed E-state index contributed by atoms with van der Waals surface area (Å²) >= 11 is 1.55. The molecule has 2 aliphatic rings. The highest BCUT2D eigenvalue weighted by molar-refractivity contribution is 7.99. The van der Waals surface area contributed by atoms with Crippen molar-refractivity contribution in [3.8, 4) is 0 Å². The summed E-state index contributed by atoms with van der Waals surface area (Å²) < 4.78 is 0. The van der Waals surface area contributed by atoms with E-state index < -0.39 is 18.1 Å². The highest BCUT2D eigenvalue weighted by Gasteiger charge is 2.34. The Morgan fingerprint density at radius 2 is 1.95 bits per heavy atom. The molecule has 1 saturated carbocycles. The van der Waals surface area contributed by atoms with Crippen LogP contribution in [0.4, 0.5) is 4.79 Å². The Morgan fingerprint density at radius 1 is 1.20 bits per heavy atom. The molecule has 20 heavy (non-hydrogen) atoms. The summed E-state index contributed by atoms with van der Waals surface area (Å²) in [6.07, 6.45) is 3.97. The van der Waals surface area contributed by atoms with E-state index in [9.17, 15) is 19.8 Å². The molecule has 7 heteroatoms. The molecule has 1 saturated heterocycles. The van der Waals surface area contributed by atoms with Gasteiger partial charge in [0.2, 0.25) is 0 Å². The molecule has 0 radical (unpaired) electrons. The van der Waals surface area contributed by atoms with Crippen LogP contribution in [0, 0.1) is 0 Å². The lowest BCUT2D eigenvalue weighted by Gasteiger charge is -2.34. The first kappa shape index (κ1) is 15.4. The van der Waals surface area contributed by atoms with Crippen LogP contribution in [0.3, 0.4) is 0 Å². The van der Waals surface area contributed by atoms with Crippen LogP contribution in [0.25, 0.3) is 0 Å². The zero-order valence-corrected chi connectivity index (χ0v) is 12.3. The van der Waals surface area contributed by atoms with Crippen LogP contribution in [0.2, 0.25) is 0 Å². The van der Waals surface area contributed by atoms with Gasteiger partial charge in [0.15, 0.2) is 0 Å². The summed E-state index contributed by atoms with van der Waals surface area (Å²) in [5.74, 6) is 0.217. The predicted molar refractivity (Wildman–Crippen MR) is 76.9 cm³/mol. The number of urea groups is 1. The lowest BCUT2D eigenvalue weighted by Crippen LogP contribution is -2.56. The minimum Gasteiger partial charge on any atom is -0.480 e. The van der Waals surface area contributed by atoms with Gasteiger partial charge in [-0.1, -0.05) is 19.3 Å². The number of hydrogen-bond donors (Lipinski definition) is 3. The Bertz CT molecular complexity index is 366. The molecule has 3 atom stereocenters. The zero-order chi connectivity index (χ0) is 14.5. The van der Waals surface area contributed by atoms with Crippen molar-refractivity contribution in [3.05, 3.63) is 0 Å². The van der Waals surface area contributed by atoms with Crippen molar-refractivity contribution < 1.29 is 19.8 Å². The topological polar surface area (TPSA) is 89.9 Å². The predicted octanol–water partition coefficient (Wildman–Crippen LogP) is 0.892. The van der Waals surface area contributed by atoms with Crippen molar-refractivity contribution in [3.63, 3.8) is 0 Å². The monoisotopic (exact) mass is 302 g/mol. The van der Waals surface area contributed by atoms with Gasteiger partial charge in [0.05, 0.1) is 12.1 Å². The molecule has 6 nitrogen and oxygen atoms in total. The fourth-order valence-electron chi connectivity index (χ4n) is 2.75. The smallest absolute Gasteiger partial charge is 0.327 e. The van der Waals surface area contributed by atoms with Crippen LogP contribution >= 0.6 is 11.8 Å². The van der Waals surface area contributed by atoms with Crippen LogP contribution < -0.4 is 5.32 Å². The molecule has 1 aliphatic heterocycles. The van der Waals surface area contributed by atoms with Gasteiger partial charge in [-0.15, -0.1) is 0 Å². The number of thioether (sulfide) groups is 1. The second-order valence-corrected chi connectivity index (χ2v) is 6.53. The summed E-state index contributed by atoms with van der Waals surface area (Å²) in [6, 6.07) is -1.38. The maximum atomic E-state index is 12.3. The van der Waals surface area contributed by atoms with Crippen LogP contribution in [0.15, 0.2) is 0 Å². The van der Waals surface area contributed by atoms with Gasteiger partial charge in [-0.3, -0.25) is 0 Å². The van der Waals surface area contributed by atoms with Crippen LogP contribution in [-0.2, 0) is 4.79 Å². The number of aliphatic hydroxyl groups excluding tert-OH is 1. The fourth-order valence-corrected chi connectivity index (χ4v) is 3.79. The van der Waals surface area contributed by atoms with E-state index in [1.54, 1.807) is 11.8 Å². The summed E-state index contributed by atoms with van der Waals surface area (Å²) in [6.45, 7) is 0.441. The number of amides is 2. The first-order chi connectivity index (χ1) is 9.59. The van der Waals surface area contributed by atoms with E-state index in [2.05, 4.69) is 5.32 Å². The molecule has 114 valence electrons. The summed E-state index contributed by atoms with van der Waals surface area (Å²) in [5, 5.41) is 22.0. The number of carboxylic acid groups (broad SMARTS) is 1. The van der Waals surface area contributed by atoms with Crippen molar-refractivity contribution in [2.45, 2.75) is 50.3 Å². The quantitative estimate of drug-likeness (QED) is 0.659. The third kappa shape index (κ3) is 3.79. The Balaban J connectivity index is 1.96. The molecule has 0 aromatic carbocycles.